The van der Waals surface area contributed by atoms with Gasteiger partial charge in [-0.25, -0.2) is 4.39 Å². The molecule has 0 radical (unpaired) electrons. The van der Waals surface area contributed by atoms with Gasteiger partial charge in [-0.1, -0.05) is 96.5 Å². The standard InChI is InChI=1S/C40H59FN2O3/c1-4-5-6-7-8-9-10-11-12-13-15-26-40(32-42,35-20-23-37(45-2)38(31-35)46-3)27-16-14-17-28-43-29-24-34(25-30-43)39(44)33-18-21-36(41)22-19-33/h18-23,31,34H,4-17,24-30H2,1-3H3. The van der Waals surface area contributed by atoms with Crippen molar-refractivity contribution in [1.29, 1.82) is 5.26 Å². The number of ketones is 1. The van der Waals surface area contributed by atoms with E-state index in [1.54, 1.807) is 26.4 Å². The highest BCUT2D eigenvalue weighted by molar-refractivity contribution is 5.97. The summed E-state index contributed by atoms with van der Waals surface area (Å²) in [6.07, 6.45) is 20.8. The fourth-order valence-corrected chi connectivity index (χ4v) is 7.02. The minimum Gasteiger partial charge on any atom is -0.493 e. The van der Waals surface area contributed by atoms with Crippen molar-refractivity contribution in [1.82, 2.24) is 4.90 Å². The van der Waals surface area contributed by atoms with Crippen molar-refractivity contribution < 1.29 is 18.7 Å². The van der Waals surface area contributed by atoms with Crippen LogP contribution in [0.25, 0.3) is 0 Å². The summed E-state index contributed by atoms with van der Waals surface area (Å²) in [5, 5.41) is 10.6. The molecule has 1 heterocycles. The van der Waals surface area contributed by atoms with Crippen LogP contribution in [0.2, 0.25) is 0 Å². The molecule has 3 rings (SSSR count). The Balaban J connectivity index is 1.45. The number of carbonyl (C=O) groups is 1. The number of nitrogens with zero attached hydrogens (tertiary/aromatic N) is 2. The molecule has 0 spiro atoms. The number of methoxy groups -OCH3 is 2. The molecular weight excluding hydrogens is 575 g/mol. The van der Waals surface area contributed by atoms with Crippen LogP contribution in [0.1, 0.15) is 138 Å². The van der Waals surface area contributed by atoms with E-state index in [0.29, 0.717) is 17.1 Å². The molecule has 6 heteroatoms. The van der Waals surface area contributed by atoms with E-state index in [1.165, 1.54) is 76.3 Å². The average Bonchev–Trinajstić information content (AvgIpc) is 3.09. The van der Waals surface area contributed by atoms with Gasteiger partial charge in [0.25, 0.3) is 0 Å². The topological polar surface area (TPSA) is 62.6 Å². The van der Waals surface area contributed by atoms with Gasteiger partial charge in [-0.05, 0) is 93.7 Å². The zero-order chi connectivity index (χ0) is 33.0. The van der Waals surface area contributed by atoms with Crippen molar-refractivity contribution in [2.24, 2.45) is 5.92 Å². The smallest absolute Gasteiger partial charge is 0.166 e. The van der Waals surface area contributed by atoms with Crippen LogP contribution in [-0.4, -0.2) is 44.5 Å². The summed E-state index contributed by atoms with van der Waals surface area (Å²) in [7, 11) is 3.30. The Morgan fingerprint density at radius 1 is 0.804 bits per heavy atom. The van der Waals surface area contributed by atoms with Crippen LogP contribution in [0, 0.1) is 23.1 Å². The first-order chi connectivity index (χ1) is 22.5. The number of unbranched alkanes of at least 4 members (excludes halogenated alkanes) is 12. The number of Topliss-reactive ketones (excluding diaryl/α,β-unsaturated/α-hetero) is 1. The normalized spacial score (nSPS) is 15.3. The number of halogens is 1. The molecule has 46 heavy (non-hydrogen) atoms. The molecule has 2 aromatic carbocycles. The van der Waals surface area contributed by atoms with Crippen molar-refractivity contribution in [3.8, 4) is 17.6 Å². The highest BCUT2D eigenvalue weighted by atomic mass is 19.1. The molecule has 1 saturated heterocycles. The number of nitriles is 1. The van der Waals surface area contributed by atoms with Gasteiger partial charge in [-0.2, -0.15) is 5.26 Å². The second kappa shape index (κ2) is 21.1. The largest absolute Gasteiger partial charge is 0.493 e. The molecule has 0 aliphatic carbocycles. The van der Waals surface area contributed by atoms with E-state index in [0.717, 1.165) is 76.6 Å². The number of ether oxygens (including phenoxy) is 2. The van der Waals surface area contributed by atoms with Gasteiger partial charge >= 0.3 is 0 Å². The number of rotatable bonds is 23. The number of hydrogen-bond donors (Lipinski definition) is 0. The molecule has 0 bridgehead atoms. The molecule has 0 amide bonds. The third-order valence-corrected chi connectivity index (χ3v) is 10.0. The summed E-state index contributed by atoms with van der Waals surface area (Å²) >= 11 is 0. The van der Waals surface area contributed by atoms with Crippen molar-refractivity contribution in [2.45, 2.75) is 128 Å². The van der Waals surface area contributed by atoms with E-state index in [9.17, 15) is 14.4 Å². The lowest BCUT2D eigenvalue weighted by Crippen LogP contribution is -2.37. The Bertz CT molecular complexity index is 1190. The van der Waals surface area contributed by atoms with E-state index in [-0.39, 0.29) is 17.5 Å². The van der Waals surface area contributed by atoms with Crippen molar-refractivity contribution >= 4 is 5.78 Å². The summed E-state index contributed by atoms with van der Waals surface area (Å²) in [5.41, 5.74) is 1.12. The van der Waals surface area contributed by atoms with Gasteiger partial charge in [-0.3, -0.25) is 4.79 Å². The minimum absolute atomic E-state index is 0.0231. The van der Waals surface area contributed by atoms with Crippen LogP contribution < -0.4 is 9.47 Å². The molecule has 1 unspecified atom stereocenters. The maximum atomic E-state index is 13.3. The SMILES string of the molecule is CCCCCCCCCCCCCC(C#N)(CCCCCN1CCC(C(=O)c2ccc(F)cc2)CC1)c1ccc(OC)c(OC)c1. The van der Waals surface area contributed by atoms with Gasteiger partial charge in [0, 0.05) is 11.5 Å². The molecule has 0 saturated carbocycles. The van der Waals surface area contributed by atoms with E-state index < -0.39 is 5.41 Å². The van der Waals surface area contributed by atoms with Gasteiger partial charge in [0.05, 0.1) is 25.7 Å². The Labute approximate surface area is 278 Å². The molecule has 1 atom stereocenters. The van der Waals surface area contributed by atoms with Crippen LogP contribution in [0.15, 0.2) is 42.5 Å². The molecular formula is C40H59FN2O3. The molecule has 1 aliphatic rings. The Morgan fingerprint density at radius 2 is 1.35 bits per heavy atom. The number of hydrogen-bond acceptors (Lipinski definition) is 5. The second-order valence-corrected chi connectivity index (χ2v) is 13.3. The Hall–Kier alpha value is -2.91. The van der Waals surface area contributed by atoms with E-state index in [2.05, 4.69) is 24.0 Å². The number of piperidine rings is 1. The van der Waals surface area contributed by atoms with Gasteiger partial charge in [0.15, 0.2) is 17.3 Å². The highest BCUT2D eigenvalue weighted by Crippen LogP contribution is 2.39. The summed E-state index contributed by atoms with van der Waals surface area (Å²) in [4.78, 5) is 15.3. The predicted molar refractivity (Wildman–Crippen MR) is 186 cm³/mol. The summed E-state index contributed by atoms with van der Waals surface area (Å²) in [6.45, 7) is 5.13. The van der Waals surface area contributed by atoms with Crippen LogP contribution in [0.5, 0.6) is 11.5 Å². The molecule has 254 valence electrons. The van der Waals surface area contributed by atoms with E-state index in [4.69, 9.17) is 9.47 Å². The zero-order valence-corrected chi connectivity index (χ0v) is 29.0. The third kappa shape index (κ3) is 12.0. The number of likely N-dealkylation sites (tertiary alicyclic amines) is 1. The maximum absolute atomic E-state index is 13.3. The van der Waals surface area contributed by atoms with E-state index in [1.807, 2.05) is 12.1 Å². The highest BCUT2D eigenvalue weighted by Gasteiger charge is 2.32. The van der Waals surface area contributed by atoms with Crippen molar-refractivity contribution in [2.75, 3.05) is 33.9 Å². The zero-order valence-electron chi connectivity index (χ0n) is 29.0. The summed E-state index contributed by atoms with van der Waals surface area (Å²) < 4.78 is 24.4. The molecule has 0 N–H and O–H groups in total. The third-order valence-electron chi connectivity index (χ3n) is 10.0. The number of carbonyl (C=O) groups excluding carboxylic acids is 1. The van der Waals surface area contributed by atoms with Crippen LogP contribution >= 0.6 is 0 Å². The lowest BCUT2D eigenvalue weighted by Gasteiger charge is -2.31. The Morgan fingerprint density at radius 3 is 1.89 bits per heavy atom. The lowest BCUT2D eigenvalue weighted by molar-refractivity contribution is 0.0838. The molecule has 5 nitrogen and oxygen atoms in total. The first-order valence-corrected chi connectivity index (χ1v) is 18.1. The molecule has 2 aromatic rings. The number of benzene rings is 2. The molecule has 1 fully saturated rings. The summed E-state index contributed by atoms with van der Waals surface area (Å²) in [6, 6.07) is 14.7. The predicted octanol–water partition coefficient (Wildman–Crippen LogP) is 10.5. The van der Waals surface area contributed by atoms with Gasteiger partial charge in [0.2, 0.25) is 0 Å². The lowest BCUT2D eigenvalue weighted by atomic mass is 9.73. The summed E-state index contributed by atoms with van der Waals surface area (Å²) in [5.74, 6) is 1.22. The minimum atomic E-state index is -0.530. The van der Waals surface area contributed by atoms with Crippen LogP contribution in [0.4, 0.5) is 4.39 Å². The fourth-order valence-electron chi connectivity index (χ4n) is 7.02. The van der Waals surface area contributed by atoms with Gasteiger partial charge in [0.1, 0.15) is 5.82 Å². The molecule has 1 aliphatic heterocycles. The van der Waals surface area contributed by atoms with E-state index >= 15 is 0 Å². The van der Waals surface area contributed by atoms with Crippen molar-refractivity contribution in [3.05, 3.63) is 59.4 Å². The van der Waals surface area contributed by atoms with Crippen LogP contribution in [0.3, 0.4) is 0 Å². The van der Waals surface area contributed by atoms with Gasteiger partial charge in [-0.15, -0.1) is 0 Å². The van der Waals surface area contributed by atoms with Crippen molar-refractivity contribution in [3.63, 3.8) is 0 Å². The first kappa shape index (κ1) is 37.5. The maximum Gasteiger partial charge on any atom is 0.166 e. The first-order valence-electron chi connectivity index (χ1n) is 18.1. The average molecular weight is 635 g/mol. The molecule has 0 aromatic heterocycles. The van der Waals surface area contributed by atoms with Gasteiger partial charge < -0.3 is 14.4 Å². The second-order valence-electron chi connectivity index (χ2n) is 13.3. The monoisotopic (exact) mass is 634 g/mol. The Kier molecular flexibility index (Phi) is 17.2. The quantitative estimate of drug-likeness (QED) is 0.0899. The fraction of sp³-hybridized carbons (Fsp3) is 0.650. The van der Waals surface area contributed by atoms with Crippen LogP contribution in [-0.2, 0) is 5.41 Å².